The third kappa shape index (κ3) is 43.9. The molecule has 6 heteroatoms. The quantitative estimate of drug-likeness (QED) is 0.0323. The van der Waals surface area contributed by atoms with Gasteiger partial charge in [-0.1, -0.05) is 224 Å². The number of esters is 1. The van der Waals surface area contributed by atoms with Gasteiger partial charge in [0, 0.05) is 12.8 Å². The minimum absolute atomic E-state index is 0.00888. The Bertz CT molecular complexity index is 904. The molecule has 0 bridgehead atoms. The molecule has 0 aliphatic carbocycles. The number of hydrogen-bond acceptors (Lipinski definition) is 5. The highest BCUT2D eigenvalue weighted by Crippen LogP contribution is 2.16. The summed E-state index contributed by atoms with van der Waals surface area (Å²) in [4.78, 5) is 24.4. The standard InChI is InChI=1S/C52H99NO5/c1-3-5-7-9-11-13-15-16-18-22-26-30-34-38-42-46-52(57)58-47-43-39-35-31-27-23-20-17-19-21-25-29-33-37-41-45-51(56)53-49(48-54)50(55)44-40-36-32-28-24-14-12-10-8-6-4-2/h16,18,40,44,49-50,54-55H,3-15,17,19-39,41-43,45-48H2,1-2H3,(H,53,56)/b18-16-,44-40+. The summed E-state index contributed by atoms with van der Waals surface area (Å²) in [7, 11) is 0. The number of amides is 1. The normalized spacial score (nSPS) is 12.8. The van der Waals surface area contributed by atoms with E-state index in [0.29, 0.717) is 19.4 Å². The van der Waals surface area contributed by atoms with Crippen LogP contribution in [0.4, 0.5) is 0 Å². The number of aliphatic hydroxyl groups excluding tert-OH is 2. The molecule has 342 valence electrons. The van der Waals surface area contributed by atoms with Crippen molar-refractivity contribution in [3.05, 3.63) is 24.3 Å². The molecule has 6 nitrogen and oxygen atoms in total. The van der Waals surface area contributed by atoms with Gasteiger partial charge < -0.3 is 20.3 Å². The molecule has 0 aromatic carbocycles. The number of hydrogen-bond donors (Lipinski definition) is 3. The van der Waals surface area contributed by atoms with Crippen LogP contribution in [0.1, 0.15) is 271 Å². The summed E-state index contributed by atoms with van der Waals surface area (Å²) in [5.74, 6) is -0.0871. The van der Waals surface area contributed by atoms with Gasteiger partial charge in [0.25, 0.3) is 0 Å². The number of unbranched alkanes of at least 4 members (excludes halogenated alkanes) is 34. The predicted octanol–water partition coefficient (Wildman–Crippen LogP) is 15.1. The van der Waals surface area contributed by atoms with Gasteiger partial charge in [-0.3, -0.25) is 9.59 Å². The lowest BCUT2D eigenvalue weighted by atomic mass is 10.0. The van der Waals surface area contributed by atoms with Crippen molar-refractivity contribution in [1.82, 2.24) is 5.32 Å². The fraction of sp³-hybridized carbons (Fsp3) is 0.885. The van der Waals surface area contributed by atoms with Crippen LogP contribution in [0.3, 0.4) is 0 Å². The van der Waals surface area contributed by atoms with Gasteiger partial charge in [0.15, 0.2) is 0 Å². The van der Waals surface area contributed by atoms with Crippen molar-refractivity contribution in [1.29, 1.82) is 0 Å². The van der Waals surface area contributed by atoms with Crippen LogP contribution in [-0.2, 0) is 14.3 Å². The predicted molar refractivity (Wildman–Crippen MR) is 250 cm³/mol. The number of rotatable bonds is 47. The average Bonchev–Trinajstić information content (AvgIpc) is 3.22. The van der Waals surface area contributed by atoms with Gasteiger partial charge in [0.05, 0.1) is 25.4 Å². The van der Waals surface area contributed by atoms with Gasteiger partial charge in [-0.25, -0.2) is 0 Å². The van der Waals surface area contributed by atoms with Gasteiger partial charge in [-0.2, -0.15) is 0 Å². The van der Waals surface area contributed by atoms with Gasteiger partial charge in [-0.15, -0.1) is 0 Å². The van der Waals surface area contributed by atoms with E-state index < -0.39 is 12.1 Å². The van der Waals surface area contributed by atoms with Gasteiger partial charge in [0.2, 0.25) is 5.91 Å². The third-order valence-corrected chi connectivity index (χ3v) is 11.7. The van der Waals surface area contributed by atoms with Gasteiger partial charge >= 0.3 is 5.97 Å². The first-order chi connectivity index (χ1) is 28.5. The highest BCUT2D eigenvalue weighted by molar-refractivity contribution is 5.76. The Balaban J connectivity index is 3.44. The third-order valence-electron chi connectivity index (χ3n) is 11.7. The molecule has 3 N–H and O–H groups in total. The lowest BCUT2D eigenvalue weighted by molar-refractivity contribution is -0.143. The monoisotopic (exact) mass is 818 g/mol. The van der Waals surface area contributed by atoms with Crippen molar-refractivity contribution in [2.24, 2.45) is 0 Å². The lowest BCUT2D eigenvalue weighted by Crippen LogP contribution is -2.45. The van der Waals surface area contributed by atoms with E-state index in [4.69, 9.17) is 4.74 Å². The van der Waals surface area contributed by atoms with Crippen LogP contribution in [0.2, 0.25) is 0 Å². The van der Waals surface area contributed by atoms with Crippen LogP contribution in [0, 0.1) is 0 Å². The second-order valence-electron chi connectivity index (χ2n) is 17.5. The molecular weight excluding hydrogens is 719 g/mol. The first-order valence-corrected chi connectivity index (χ1v) is 25.6. The number of carbonyl (C=O) groups excluding carboxylic acids is 2. The van der Waals surface area contributed by atoms with E-state index in [1.807, 2.05) is 6.08 Å². The summed E-state index contributed by atoms with van der Waals surface area (Å²) in [5, 5.41) is 23.0. The number of ether oxygens (including phenoxy) is 1. The second-order valence-corrected chi connectivity index (χ2v) is 17.5. The van der Waals surface area contributed by atoms with Crippen LogP contribution in [0.25, 0.3) is 0 Å². The zero-order chi connectivity index (χ0) is 42.3. The summed E-state index contributed by atoms with van der Waals surface area (Å²) in [6, 6.07) is -0.632. The summed E-state index contributed by atoms with van der Waals surface area (Å²) in [5.41, 5.74) is 0. The van der Waals surface area contributed by atoms with Gasteiger partial charge in [-0.05, 0) is 57.8 Å². The number of nitrogens with one attached hydrogen (secondary N) is 1. The molecular formula is C52H99NO5. The number of carbonyl (C=O) groups is 2. The minimum atomic E-state index is -0.848. The Hall–Kier alpha value is -1.66. The first-order valence-electron chi connectivity index (χ1n) is 25.6. The van der Waals surface area contributed by atoms with E-state index in [2.05, 4.69) is 31.3 Å². The maximum atomic E-state index is 12.4. The Morgan fingerprint density at radius 3 is 1.22 bits per heavy atom. The molecule has 0 radical (unpaired) electrons. The molecule has 2 unspecified atom stereocenters. The van der Waals surface area contributed by atoms with Crippen molar-refractivity contribution >= 4 is 11.9 Å². The molecule has 2 atom stereocenters. The Morgan fingerprint density at radius 2 is 0.810 bits per heavy atom. The highest BCUT2D eigenvalue weighted by atomic mass is 16.5. The fourth-order valence-electron chi connectivity index (χ4n) is 7.74. The molecule has 0 heterocycles. The van der Waals surface area contributed by atoms with Gasteiger partial charge in [0.1, 0.15) is 0 Å². The molecule has 0 saturated heterocycles. The molecule has 0 aromatic rings. The summed E-state index contributed by atoms with van der Waals surface area (Å²) >= 11 is 0. The summed E-state index contributed by atoms with van der Waals surface area (Å²) < 4.78 is 5.46. The zero-order valence-electron chi connectivity index (χ0n) is 38.8. The molecule has 0 spiro atoms. The van der Waals surface area contributed by atoms with E-state index in [-0.39, 0.29) is 18.5 Å². The first kappa shape index (κ1) is 56.3. The van der Waals surface area contributed by atoms with Crippen molar-refractivity contribution in [3.63, 3.8) is 0 Å². The number of allylic oxidation sites excluding steroid dienone is 3. The summed E-state index contributed by atoms with van der Waals surface area (Å²) in [6.07, 6.45) is 56.0. The van der Waals surface area contributed by atoms with Crippen LogP contribution in [-0.4, -0.2) is 47.4 Å². The fourth-order valence-corrected chi connectivity index (χ4v) is 7.74. The van der Waals surface area contributed by atoms with Crippen LogP contribution >= 0.6 is 0 Å². The molecule has 1 amide bonds. The van der Waals surface area contributed by atoms with Crippen molar-refractivity contribution in [3.8, 4) is 0 Å². The molecule has 0 aromatic heterocycles. The van der Waals surface area contributed by atoms with Crippen molar-refractivity contribution < 1.29 is 24.5 Å². The maximum Gasteiger partial charge on any atom is 0.305 e. The van der Waals surface area contributed by atoms with Crippen LogP contribution in [0.15, 0.2) is 24.3 Å². The Labute approximate surface area is 361 Å². The van der Waals surface area contributed by atoms with Crippen LogP contribution < -0.4 is 5.32 Å². The lowest BCUT2D eigenvalue weighted by Gasteiger charge is -2.20. The minimum Gasteiger partial charge on any atom is -0.466 e. The largest absolute Gasteiger partial charge is 0.466 e. The zero-order valence-corrected chi connectivity index (χ0v) is 38.8. The van der Waals surface area contributed by atoms with Crippen LogP contribution in [0.5, 0.6) is 0 Å². The number of aliphatic hydroxyl groups is 2. The maximum absolute atomic E-state index is 12.4. The van der Waals surface area contributed by atoms with E-state index >= 15 is 0 Å². The van der Waals surface area contributed by atoms with E-state index in [9.17, 15) is 19.8 Å². The topological polar surface area (TPSA) is 95.9 Å². The molecule has 0 aliphatic rings. The molecule has 58 heavy (non-hydrogen) atoms. The molecule has 0 rings (SSSR count). The highest BCUT2D eigenvalue weighted by Gasteiger charge is 2.18. The molecule has 0 saturated carbocycles. The van der Waals surface area contributed by atoms with Crippen molar-refractivity contribution in [2.75, 3.05) is 13.2 Å². The second kappa shape index (κ2) is 48.0. The smallest absolute Gasteiger partial charge is 0.305 e. The Kier molecular flexibility index (Phi) is 46.6. The Morgan fingerprint density at radius 1 is 0.466 bits per heavy atom. The molecule has 0 aliphatic heterocycles. The summed E-state index contributed by atoms with van der Waals surface area (Å²) in [6.45, 7) is 4.86. The van der Waals surface area contributed by atoms with E-state index in [1.54, 1.807) is 6.08 Å². The van der Waals surface area contributed by atoms with Crippen molar-refractivity contribution in [2.45, 2.75) is 283 Å². The van der Waals surface area contributed by atoms with E-state index in [1.165, 1.54) is 186 Å². The van der Waals surface area contributed by atoms with E-state index in [0.717, 1.165) is 57.8 Å². The molecule has 0 fully saturated rings. The average molecular weight is 818 g/mol. The SMILES string of the molecule is CCCCCCCC/C=C\CCCCCCCC(=O)OCCCCCCCCCCCCCCCCCC(=O)NC(CO)C(O)/C=C/CCCCCCCCCCC.